The molecule has 0 spiro atoms. The number of ether oxygens (including phenoxy) is 1. The summed E-state index contributed by atoms with van der Waals surface area (Å²) >= 11 is 1.45. The maximum Gasteiger partial charge on any atom is 0.271 e. The lowest BCUT2D eigenvalue weighted by molar-refractivity contribution is 0.414. The van der Waals surface area contributed by atoms with Crippen LogP contribution in [-0.2, 0) is 12.8 Å². The van der Waals surface area contributed by atoms with E-state index in [1.807, 2.05) is 24.3 Å². The third-order valence-electron chi connectivity index (χ3n) is 3.04. The topological polar surface area (TPSA) is 90.6 Å². The Morgan fingerprint density at radius 2 is 2.09 bits per heavy atom. The van der Waals surface area contributed by atoms with Gasteiger partial charge in [0.05, 0.1) is 12.8 Å². The van der Waals surface area contributed by atoms with E-state index in [-0.39, 0.29) is 5.56 Å². The second kappa shape index (κ2) is 6.06. The average Bonchev–Trinajstić information content (AvgIpc) is 3.11. The van der Waals surface area contributed by atoms with E-state index in [0.717, 1.165) is 17.1 Å². The van der Waals surface area contributed by atoms with Gasteiger partial charge in [-0.05, 0) is 34.7 Å². The Hall–Kier alpha value is -2.55. The van der Waals surface area contributed by atoms with Crippen molar-refractivity contribution in [2.24, 2.45) is 7.05 Å². The number of nitrogens with zero attached hydrogens (tertiary/aromatic N) is 5. The van der Waals surface area contributed by atoms with E-state index in [4.69, 9.17) is 4.74 Å². The van der Waals surface area contributed by atoms with Gasteiger partial charge in [0.15, 0.2) is 0 Å². The number of nitrogens with one attached hydrogen (secondary N) is 1. The highest BCUT2D eigenvalue weighted by atomic mass is 32.2. The number of thioether (sulfide) groups is 1. The first-order valence-electron chi connectivity index (χ1n) is 6.48. The molecule has 0 unspecified atom stereocenters. The van der Waals surface area contributed by atoms with Gasteiger partial charge in [0.2, 0.25) is 5.16 Å². The zero-order valence-corrected chi connectivity index (χ0v) is 12.9. The molecular formula is C13H14N6O2S. The van der Waals surface area contributed by atoms with Gasteiger partial charge in [-0.25, -0.2) is 9.36 Å². The summed E-state index contributed by atoms with van der Waals surface area (Å²) in [4.78, 5) is 12.1. The zero-order chi connectivity index (χ0) is 15.5. The number of benzene rings is 1. The van der Waals surface area contributed by atoms with Crippen molar-refractivity contribution in [1.82, 2.24) is 30.0 Å². The second-order valence-corrected chi connectivity index (χ2v) is 5.47. The lowest BCUT2D eigenvalue weighted by atomic mass is 10.3. The van der Waals surface area contributed by atoms with E-state index in [1.54, 1.807) is 24.9 Å². The Labute approximate surface area is 130 Å². The van der Waals surface area contributed by atoms with Gasteiger partial charge >= 0.3 is 0 Å². The summed E-state index contributed by atoms with van der Waals surface area (Å²) in [6, 6.07) is 8.83. The van der Waals surface area contributed by atoms with Gasteiger partial charge in [0, 0.05) is 24.6 Å². The molecule has 0 bridgehead atoms. The number of aryl methyl sites for hydroxylation is 1. The number of rotatable bonds is 5. The summed E-state index contributed by atoms with van der Waals surface area (Å²) in [7, 11) is 3.38. The quantitative estimate of drug-likeness (QED) is 0.706. The number of aromatic nitrogens is 6. The monoisotopic (exact) mass is 318 g/mol. The maximum atomic E-state index is 12.1. The summed E-state index contributed by atoms with van der Waals surface area (Å²) in [5.41, 5.74) is 1.44. The Bertz CT molecular complexity index is 820. The Morgan fingerprint density at radius 1 is 1.32 bits per heavy atom. The van der Waals surface area contributed by atoms with Gasteiger partial charge in [0.25, 0.3) is 5.56 Å². The molecule has 9 heteroatoms. The minimum absolute atomic E-state index is 0.114. The van der Waals surface area contributed by atoms with Crippen molar-refractivity contribution in [2.45, 2.75) is 10.9 Å². The SMILES string of the molecule is COc1ccc(-n2[nH]c(CSc3nnnn3C)cc2=O)cc1. The molecule has 0 aliphatic carbocycles. The van der Waals surface area contributed by atoms with Crippen molar-refractivity contribution in [1.29, 1.82) is 0 Å². The fraction of sp³-hybridized carbons (Fsp3) is 0.231. The van der Waals surface area contributed by atoms with Crippen LogP contribution in [0, 0.1) is 0 Å². The van der Waals surface area contributed by atoms with Crippen molar-refractivity contribution in [3.63, 3.8) is 0 Å². The summed E-state index contributed by atoms with van der Waals surface area (Å²) in [6.45, 7) is 0. The van der Waals surface area contributed by atoms with Gasteiger partial charge in [-0.15, -0.1) is 5.10 Å². The Morgan fingerprint density at radius 3 is 2.73 bits per heavy atom. The number of tetrazole rings is 1. The molecule has 2 heterocycles. The average molecular weight is 318 g/mol. The minimum Gasteiger partial charge on any atom is -0.497 e. The van der Waals surface area contributed by atoms with Crippen LogP contribution in [0.25, 0.3) is 5.69 Å². The fourth-order valence-corrected chi connectivity index (χ4v) is 2.68. The van der Waals surface area contributed by atoms with E-state index in [2.05, 4.69) is 20.6 Å². The molecule has 3 rings (SSSR count). The molecule has 0 aliphatic rings. The van der Waals surface area contributed by atoms with Crippen molar-refractivity contribution in [3.05, 3.63) is 46.4 Å². The standard InChI is InChI=1S/C13H14N6O2S/c1-18-13(14-16-17-18)22-8-9-7-12(20)19(15-9)10-3-5-11(21-2)6-4-10/h3-7,15H,8H2,1-2H3. The summed E-state index contributed by atoms with van der Waals surface area (Å²) in [5, 5.41) is 15.0. The predicted octanol–water partition coefficient (Wildman–Crippen LogP) is 0.990. The van der Waals surface area contributed by atoms with E-state index < -0.39 is 0 Å². The number of hydrogen-bond acceptors (Lipinski definition) is 6. The van der Waals surface area contributed by atoms with Crippen LogP contribution in [0.2, 0.25) is 0 Å². The van der Waals surface area contributed by atoms with Crippen molar-refractivity contribution in [2.75, 3.05) is 7.11 Å². The van der Waals surface area contributed by atoms with Crippen LogP contribution in [0.5, 0.6) is 5.75 Å². The van der Waals surface area contributed by atoms with E-state index >= 15 is 0 Å². The first kappa shape index (κ1) is 14.4. The fourth-order valence-electron chi connectivity index (χ4n) is 1.93. The molecule has 0 radical (unpaired) electrons. The molecule has 8 nitrogen and oxygen atoms in total. The second-order valence-electron chi connectivity index (χ2n) is 4.53. The molecule has 2 aromatic heterocycles. The van der Waals surface area contributed by atoms with Crippen molar-refractivity contribution < 1.29 is 4.74 Å². The number of aromatic amines is 1. The first-order valence-corrected chi connectivity index (χ1v) is 7.46. The summed E-state index contributed by atoms with van der Waals surface area (Å²) in [5.74, 6) is 1.32. The molecule has 0 saturated heterocycles. The molecule has 0 amide bonds. The molecular weight excluding hydrogens is 304 g/mol. The molecule has 114 valence electrons. The molecule has 3 aromatic rings. The van der Waals surface area contributed by atoms with E-state index in [0.29, 0.717) is 10.9 Å². The van der Waals surface area contributed by atoms with Gasteiger partial charge in [-0.1, -0.05) is 11.8 Å². The van der Waals surface area contributed by atoms with Gasteiger partial charge < -0.3 is 4.74 Å². The van der Waals surface area contributed by atoms with Crippen molar-refractivity contribution in [3.8, 4) is 11.4 Å². The Kier molecular flexibility index (Phi) is 3.96. The first-order chi connectivity index (χ1) is 10.7. The van der Waals surface area contributed by atoms with Crippen LogP contribution in [0.15, 0.2) is 40.3 Å². The smallest absolute Gasteiger partial charge is 0.271 e. The summed E-state index contributed by atoms with van der Waals surface area (Å²) in [6.07, 6.45) is 0. The van der Waals surface area contributed by atoms with E-state index in [1.165, 1.54) is 16.4 Å². The number of hydrogen-bond donors (Lipinski definition) is 1. The van der Waals surface area contributed by atoms with Crippen LogP contribution in [-0.4, -0.2) is 37.1 Å². The molecule has 0 saturated carbocycles. The predicted molar refractivity (Wildman–Crippen MR) is 81.3 cm³/mol. The normalized spacial score (nSPS) is 10.8. The van der Waals surface area contributed by atoms with Crippen molar-refractivity contribution >= 4 is 11.8 Å². The van der Waals surface area contributed by atoms with Crippen LogP contribution in [0.1, 0.15) is 5.69 Å². The van der Waals surface area contributed by atoms with Gasteiger partial charge in [-0.3, -0.25) is 9.89 Å². The molecule has 0 atom stereocenters. The van der Waals surface area contributed by atoms with Gasteiger partial charge in [-0.2, -0.15) is 0 Å². The van der Waals surface area contributed by atoms with Crippen LogP contribution < -0.4 is 10.3 Å². The lowest BCUT2D eigenvalue weighted by Crippen LogP contribution is -2.13. The Balaban J connectivity index is 1.78. The summed E-state index contributed by atoms with van der Waals surface area (Å²) < 4.78 is 8.19. The van der Waals surface area contributed by atoms with Crippen LogP contribution in [0.3, 0.4) is 0 Å². The number of H-pyrrole nitrogens is 1. The van der Waals surface area contributed by atoms with Gasteiger partial charge in [0.1, 0.15) is 5.75 Å². The minimum atomic E-state index is -0.114. The lowest BCUT2D eigenvalue weighted by Gasteiger charge is -2.04. The molecule has 1 aromatic carbocycles. The molecule has 0 fully saturated rings. The third-order valence-corrected chi connectivity index (χ3v) is 4.10. The third kappa shape index (κ3) is 2.89. The highest BCUT2D eigenvalue weighted by Gasteiger charge is 2.08. The molecule has 22 heavy (non-hydrogen) atoms. The van der Waals surface area contributed by atoms with E-state index in [9.17, 15) is 4.79 Å². The van der Waals surface area contributed by atoms with Crippen LogP contribution >= 0.6 is 11.8 Å². The molecule has 0 aliphatic heterocycles. The number of methoxy groups -OCH3 is 1. The highest BCUT2D eigenvalue weighted by molar-refractivity contribution is 7.98. The maximum absolute atomic E-state index is 12.1. The highest BCUT2D eigenvalue weighted by Crippen LogP contribution is 2.18. The largest absolute Gasteiger partial charge is 0.497 e. The zero-order valence-electron chi connectivity index (χ0n) is 12.1. The molecule has 1 N–H and O–H groups in total. The van der Waals surface area contributed by atoms with Crippen LogP contribution in [0.4, 0.5) is 0 Å².